The standard InChI is InChI=1S/C10H19NO4S/c1-6(16-5)7(8(12)13)11-9(14)15-10(2,3)4/h6-7H,1-5H3,(H,11,14)(H,12,13)/t6?,7-/m0/s1. The van der Waals surface area contributed by atoms with Crippen molar-refractivity contribution < 1.29 is 19.4 Å². The van der Waals surface area contributed by atoms with Crippen molar-refractivity contribution in [1.82, 2.24) is 5.32 Å². The smallest absolute Gasteiger partial charge is 0.408 e. The molecule has 0 aromatic heterocycles. The largest absolute Gasteiger partial charge is 0.480 e. The van der Waals surface area contributed by atoms with E-state index in [1.54, 1.807) is 34.0 Å². The normalized spacial score (nSPS) is 15.1. The molecule has 0 radical (unpaired) electrons. The van der Waals surface area contributed by atoms with Crippen LogP contribution >= 0.6 is 11.8 Å². The van der Waals surface area contributed by atoms with E-state index in [-0.39, 0.29) is 5.25 Å². The Labute approximate surface area is 99.9 Å². The van der Waals surface area contributed by atoms with Gasteiger partial charge in [0.1, 0.15) is 11.6 Å². The summed E-state index contributed by atoms with van der Waals surface area (Å²) in [6.07, 6.45) is 1.08. The third kappa shape index (κ3) is 5.85. The Hall–Kier alpha value is -0.910. The monoisotopic (exact) mass is 249 g/mol. The highest BCUT2D eigenvalue weighted by Crippen LogP contribution is 2.12. The number of carbonyl (C=O) groups is 2. The maximum Gasteiger partial charge on any atom is 0.408 e. The fourth-order valence-corrected chi connectivity index (χ4v) is 1.41. The van der Waals surface area contributed by atoms with Gasteiger partial charge in [-0.15, -0.1) is 0 Å². The highest BCUT2D eigenvalue weighted by atomic mass is 32.2. The van der Waals surface area contributed by atoms with Crippen molar-refractivity contribution in [2.24, 2.45) is 0 Å². The van der Waals surface area contributed by atoms with Gasteiger partial charge in [-0.25, -0.2) is 9.59 Å². The predicted octanol–water partition coefficient (Wildman–Crippen LogP) is 1.72. The van der Waals surface area contributed by atoms with E-state index >= 15 is 0 Å². The summed E-state index contributed by atoms with van der Waals surface area (Å²) < 4.78 is 4.99. The Bertz CT molecular complexity index is 262. The van der Waals surface area contributed by atoms with Gasteiger partial charge in [0.2, 0.25) is 0 Å². The van der Waals surface area contributed by atoms with Gasteiger partial charge in [0.15, 0.2) is 0 Å². The van der Waals surface area contributed by atoms with Crippen LogP contribution in [0, 0.1) is 0 Å². The highest BCUT2D eigenvalue weighted by molar-refractivity contribution is 7.99. The van der Waals surface area contributed by atoms with Crippen LogP contribution in [0.1, 0.15) is 27.7 Å². The topological polar surface area (TPSA) is 75.6 Å². The number of carboxylic acid groups (broad SMARTS) is 1. The zero-order valence-corrected chi connectivity index (χ0v) is 11.1. The molecule has 0 aromatic carbocycles. The fraction of sp³-hybridized carbons (Fsp3) is 0.800. The van der Waals surface area contributed by atoms with Gasteiger partial charge in [0.25, 0.3) is 0 Å². The maximum absolute atomic E-state index is 11.4. The first-order valence-corrected chi connectivity index (χ1v) is 6.21. The molecule has 0 fully saturated rings. The average Bonchev–Trinajstić information content (AvgIpc) is 2.09. The lowest BCUT2D eigenvalue weighted by atomic mass is 10.2. The van der Waals surface area contributed by atoms with Gasteiger partial charge in [0, 0.05) is 5.25 Å². The van der Waals surface area contributed by atoms with Crippen LogP contribution in [-0.2, 0) is 9.53 Å². The van der Waals surface area contributed by atoms with E-state index in [1.165, 1.54) is 11.8 Å². The van der Waals surface area contributed by atoms with E-state index in [9.17, 15) is 9.59 Å². The second-order valence-corrected chi connectivity index (χ2v) is 5.62. The molecular formula is C10H19NO4S. The van der Waals surface area contributed by atoms with Gasteiger partial charge in [-0.05, 0) is 27.0 Å². The number of thioether (sulfide) groups is 1. The van der Waals surface area contributed by atoms with Crippen molar-refractivity contribution in [3.05, 3.63) is 0 Å². The van der Waals surface area contributed by atoms with Gasteiger partial charge in [-0.1, -0.05) is 6.92 Å². The summed E-state index contributed by atoms with van der Waals surface area (Å²) in [5, 5.41) is 11.1. The van der Waals surface area contributed by atoms with Crippen molar-refractivity contribution in [2.45, 2.75) is 44.6 Å². The van der Waals surface area contributed by atoms with Crippen molar-refractivity contribution >= 4 is 23.8 Å². The minimum Gasteiger partial charge on any atom is -0.480 e. The quantitative estimate of drug-likeness (QED) is 0.793. The Morgan fingerprint density at radius 3 is 2.19 bits per heavy atom. The molecule has 0 saturated carbocycles. The molecule has 0 heterocycles. The second-order valence-electron chi connectivity index (χ2n) is 4.40. The number of aliphatic carboxylic acids is 1. The van der Waals surface area contributed by atoms with Crippen LogP contribution in [-0.4, -0.2) is 40.3 Å². The van der Waals surface area contributed by atoms with E-state index in [2.05, 4.69) is 5.32 Å². The lowest BCUT2D eigenvalue weighted by Crippen LogP contribution is -2.48. The van der Waals surface area contributed by atoms with Gasteiger partial charge in [-0.3, -0.25) is 0 Å². The minimum absolute atomic E-state index is 0.218. The summed E-state index contributed by atoms with van der Waals surface area (Å²) in [5.74, 6) is -1.06. The third-order valence-corrected chi connectivity index (χ3v) is 2.80. The molecule has 0 bridgehead atoms. The molecule has 0 aliphatic heterocycles. The number of carboxylic acids is 1. The van der Waals surface area contributed by atoms with Crippen molar-refractivity contribution in [2.75, 3.05) is 6.26 Å². The molecule has 1 amide bonds. The molecule has 94 valence electrons. The molecule has 0 saturated heterocycles. The van der Waals surface area contributed by atoms with Gasteiger partial charge < -0.3 is 15.2 Å². The summed E-state index contributed by atoms with van der Waals surface area (Å²) in [6.45, 7) is 6.90. The summed E-state index contributed by atoms with van der Waals surface area (Å²) in [4.78, 5) is 22.3. The zero-order chi connectivity index (χ0) is 12.9. The van der Waals surface area contributed by atoms with Crippen LogP contribution in [0.3, 0.4) is 0 Å². The van der Waals surface area contributed by atoms with Crippen LogP contribution in [0.25, 0.3) is 0 Å². The molecule has 1 unspecified atom stereocenters. The number of rotatable bonds is 4. The van der Waals surface area contributed by atoms with Gasteiger partial charge >= 0.3 is 12.1 Å². The summed E-state index contributed by atoms with van der Waals surface area (Å²) in [6, 6.07) is -0.940. The molecular weight excluding hydrogens is 230 g/mol. The Kier molecular flexibility index (Phi) is 5.64. The van der Waals surface area contributed by atoms with Gasteiger partial charge in [-0.2, -0.15) is 11.8 Å². The maximum atomic E-state index is 11.4. The fourth-order valence-electron chi connectivity index (χ4n) is 0.950. The number of amides is 1. The minimum atomic E-state index is -1.06. The van der Waals surface area contributed by atoms with Gasteiger partial charge in [0.05, 0.1) is 0 Å². The number of alkyl carbamates (subject to hydrolysis) is 1. The van der Waals surface area contributed by atoms with E-state index in [0.29, 0.717) is 0 Å². The Balaban J connectivity index is 4.42. The molecule has 0 rings (SSSR count). The van der Waals surface area contributed by atoms with Crippen molar-refractivity contribution in [3.63, 3.8) is 0 Å². The molecule has 0 aliphatic rings. The first kappa shape index (κ1) is 15.1. The number of ether oxygens (including phenoxy) is 1. The number of hydrogen-bond acceptors (Lipinski definition) is 4. The molecule has 0 aromatic rings. The lowest BCUT2D eigenvalue weighted by Gasteiger charge is -2.24. The van der Waals surface area contributed by atoms with Crippen molar-refractivity contribution in [3.8, 4) is 0 Å². The zero-order valence-electron chi connectivity index (χ0n) is 10.2. The SMILES string of the molecule is CSC(C)[C@H](NC(=O)OC(C)(C)C)C(=O)O. The van der Waals surface area contributed by atoms with E-state index in [0.717, 1.165) is 0 Å². The molecule has 16 heavy (non-hydrogen) atoms. The molecule has 5 nitrogen and oxygen atoms in total. The number of carbonyl (C=O) groups excluding carboxylic acids is 1. The number of hydrogen-bond donors (Lipinski definition) is 2. The first-order valence-electron chi connectivity index (χ1n) is 4.92. The second kappa shape index (κ2) is 5.98. The van der Waals surface area contributed by atoms with Crippen LogP contribution in [0.2, 0.25) is 0 Å². The Morgan fingerprint density at radius 2 is 1.88 bits per heavy atom. The van der Waals surface area contributed by atoms with Crippen LogP contribution in [0.5, 0.6) is 0 Å². The van der Waals surface area contributed by atoms with Crippen LogP contribution in [0.15, 0.2) is 0 Å². The summed E-state index contributed by atoms with van der Waals surface area (Å²) in [7, 11) is 0. The summed E-state index contributed by atoms with van der Waals surface area (Å²) >= 11 is 1.37. The third-order valence-electron chi connectivity index (χ3n) is 1.78. The predicted molar refractivity (Wildman–Crippen MR) is 63.8 cm³/mol. The van der Waals surface area contributed by atoms with E-state index < -0.39 is 23.7 Å². The molecule has 0 aliphatic carbocycles. The summed E-state index contributed by atoms with van der Waals surface area (Å²) in [5.41, 5.74) is -0.629. The molecule has 2 atom stereocenters. The van der Waals surface area contributed by atoms with E-state index in [4.69, 9.17) is 9.84 Å². The molecule has 6 heteroatoms. The highest BCUT2D eigenvalue weighted by Gasteiger charge is 2.28. The number of nitrogens with one attached hydrogen (secondary N) is 1. The van der Waals surface area contributed by atoms with Crippen LogP contribution in [0.4, 0.5) is 4.79 Å². The molecule has 0 spiro atoms. The lowest BCUT2D eigenvalue weighted by molar-refractivity contribution is -0.139. The molecule has 2 N–H and O–H groups in total. The first-order chi connectivity index (χ1) is 7.17. The van der Waals surface area contributed by atoms with E-state index in [1.807, 2.05) is 0 Å². The van der Waals surface area contributed by atoms with Crippen LogP contribution < -0.4 is 5.32 Å². The average molecular weight is 249 g/mol. The van der Waals surface area contributed by atoms with Crippen molar-refractivity contribution in [1.29, 1.82) is 0 Å². The Morgan fingerprint density at radius 1 is 1.38 bits per heavy atom.